The maximum absolute atomic E-state index is 9.68. The second kappa shape index (κ2) is 7.90. The van der Waals surface area contributed by atoms with Crippen LogP contribution in [0.5, 0.6) is 5.75 Å². The summed E-state index contributed by atoms with van der Waals surface area (Å²) in [7, 11) is 0. The number of unbranched alkanes of at least 4 members (excludes halogenated alkanes) is 1. The Labute approximate surface area is 111 Å². The molecule has 0 unspecified atom stereocenters. The summed E-state index contributed by atoms with van der Waals surface area (Å²) in [5, 5.41) is 9.68. The van der Waals surface area contributed by atoms with Crippen molar-refractivity contribution >= 4 is 28.3 Å². The van der Waals surface area contributed by atoms with E-state index in [1.807, 2.05) is 12.1 Å². The van der Waals surface area contributed by atoms with Crippen LogP contribution in [0.3, 0.4) is 0 Å². The van der Waals surface area contributed by atoms with Crippen LogP contribution in [-0.2, 0) is 0 Å². The van der Waals surface area contributed by atoms with E-state index < -0.39 is 0 Å². The third kappa shape index (κ3) is 4.70. The molecular formula is C11H18BrClN2O. The zero-order valence-corrected chi connectivity index (χ0v) is 11.4. The Kier molecular flexibility index (Phi) is 7.76. The Bertz CT molecular complexity index is 323. The minimum Gasteiger partial charge on any atom is -0.508 e. The van der Waals surface area contributed by atoms with Gasteiger partial charge in [-0.3, -0.25) is 0 Å². The van der Waals surface area contributed by atoms with Crippen molar-refractivity contribution < 1.29 is 5.11 Å². The summed E-state index contributed by atoms with van der Waals surface area (Å²) in [6, 6.07) is 5.30. The quantitative estimate of drug-likeness (QED) is 0.732. The summed E-state index contributed by atoms with van der Waals surface area (Å²) in [6.45, 7) is 0.693. The first kappa shape index (κ1) is 15.7. The molecule has 1 atom stereocenters. The molecule has 3 nitrogen and oxygen atoms in total. The van der Waals surface area contributed by atoms with Gasteiger partial charge in [-0.2, -0.15) is 0 Å². The third-order valence-electron chi connectivity index (χ3n) is 2.36. The van der Waals surface area contributed by atoms with Crippen molar-refractivity contribution in [2.75, 3.05) is 6.54 Å². The summed E-state index contributed by atoms with van der Waals surface area (Å²) in [6.07, 6.45) is 2.82. The first-order chi connectivity index (χ1) is 7.15. The maximum atomic E-state index is 9.68. The lowest BCUT2D eigenvalue weighted by molar-refractivity contribution is 0.456. The fraction of sp³-hybridized carbons (Fsp3) is 0.455. The van der Waals surface area contributed by atoms with Gasteiger partial charge in [-0.1, -0.05) is 28.4 Å². The number of rotatable bonds is 5. The van der Waals surface area contributed by atoms with Crippen LogP contribution in [0.25, 0.3) is 0 Å². The van der Waals surface area contributed by atoms with Crippen LogP contribution < -0.4 is 11.5 Å². The molecule has 92 valence electrons. The Hall–Kier alpha value is -0.290. The molecule has 1 aromatic carbocycles. The highest BCUT2D eigenvalue weighted by Crippen LogP contribution is 2.28. The molecule has 0 fully saturated rings. The van der Waals surface area contributed by atoms with Gasteiger partial charge in [0, 0.05) is 16.1 Å². The van der Waals surface area contributed by atoms with Gasteiger partial charge in [0.25, 0.3) is 0 Å². The Morgan fingerprint density at radius 1 is 1.31 bits per heavy atom. The zero-order valence-electron chi connectivity index (χ0n) is 9.03. The van der Waals surface area contributed by atoms with E-state index in [0.29, 0.717) is 6.54 Å². The summed E-state index contributed by atoms with van der Waals surface area (Å²) < 4.78 is 0.859. The molecule has 0 radical (unpaired) electrons. The van der Waals surface area contributed by atoms with Crippen molar-refractivity contribution in [1.82, 2.24) is 0 Å². The molecule has 0 heterocycles. The number of nitrogens with two attached hydrogens (primary N) is 2. The predicted octanol–water partition coefficient (Wildman–Crippen LogP) is 2.71. The van der Waals surface area contributed by atoms with Crippen LogP contribution in [0.15, 0.2) is 22.7 Å². The van der Waals surface area contributed by atoms with E-state index in [4.69, 9.17) is 11.5 Å². The van der Waals surface area contributed by atoms with Gasteiger partial charge in [0.05, 0.1) is 0 Å². The molecule has 5 N–H and O–H groups in total. The molecule has 16 heavy (non-hydrogen) atoms. The first-order valence-electron chi connectivity index (χ1n) is 5.09. The maximum Gasteiger partial charge on any atom is 0.121 e. The fourth-order valence-corrected chi connectivity index (χ4v) is 1.84. The molecule has 0 saturated heterocycles. The van der Waals surface area contributed by atoms with Crippen molar-refractivity contribution in [2.45, 2.75) is 25.3 Å². The van der Waals surface area contributed by atoms with E-state index in [2.05, 4.69) is 15.9 Å². The third-order valence-corrected chi connectivity index (χ3v) is 2.85. The summed E-state index contributed by atoms with van der Waals surface area (Å²) in [5.41, 5.74) is 12.2. The average molecular weight is 310 g/mol. The standard InChI is InChI=1S/C11H17BrN2O.ClH/c12-8-4-5-9(11(15)7-8)10(14)3-1-2-6-13;/h4-5,7,10,15H,1-3,6,13-14H2;1H/t10-;/m1./s1. The topological polar surface area (TPSA) is 72.3 Å². The molecule has 0 aliphatic heterocycles. The van der Waals surface area contributed by atoms with E-state index in [-0.39, 0.29) is 24.2 Å². The number of phenols is 1. The van der Waals surface area contributed by atoms with Gasteiger partial charge in [0.1, 0.15) is 5.75 Å². The van der Waals surface area contributed by atoms with Gasteiger partial charge in [0.15, 0.2) is 0 Å². The zero-order chi connectivity index (χ0) is 11.3. The molecule has 0 aromatic heterocycles. The van der Waals surface area contributed by atoms with Crippen LogP contribution in [0.2, 0.25) is 0 Å². The van der Waals surface area contributed by atoms with Gasteiger partial charge < -0.3 is 16.6 Å². The van der Waals surface area contributed by atoms with Crippen molar-refractivity contribution in [3.8, 4) is 5.75 Å². The van der Waals surface area contributed by atoms with Gasteiger partial charge >= 0.3 is 0 Å². The summed E-state index contributed by atoms with van der Waals surface area (Å²) >= 11 is 3.29. The molecular weight excluding hydrogens is 291 g/mol. The second-order valence-corrected chi connectivity index (χ2v) is 4.51. The highest BCUT2D eigenvalue weighted by Gasteiger charge is 2.10. The second-order valence-electron chi connectivity index (χ2n) is 3.59. The van der Waals surface area contributed by atoms with Gasteiger partial charge in [0.2, 0.25) is 0 Å². The lowest BCUT2D eigenvalue weighted by Crippen LogP contribution is -2.11. The van der Waals surface area contributed by atoms with Crippen LogP contribution in [0.4, 0.5) is 0 Å². The minimum absolute atomic E-state index is 0. The van der Waals surface area contributed by atoms with E-state index in [1.165, 1.54) is 0 Å². The molecule has 0 bridgehead atoms. The number of hydrogen-bond acceptors (Lipinski definition) is 3. The molecule has 0 amide bonds. The van der Waals surface area contributed by atoms with E-state index >= 15 is 0 Å². The van der Waals surface area contributed by atoms with Gasteiger partial charge in [-0.25, -0.2) is 0 Å². The van der Waals surface area contributed by atoms with Crippen molar-refractivity contribution in [2.24, 2.45) is 11.5 Å². The van der Waals surface area contributed by atoms with E-state index in [0.717, 1.165) is 29.3 Å². The normalized spacial score (nSPS) is 11.9. The van der Waals surface area contributed by atoms with Crippen LogP contribution >= 0.6 is 28.3 Å². The molecule has 0 saturated carbocycles. The highest BCUT2D eigenvalue weighted by molar-refractivity contribution is 9.10. The minimum atomic E-state index is -0.107. The number of halogens is 2. The lowest BCUT2D eigenvalue weighted by atomic mass is 10.0. The SMILES string of the molecule is Cl.NCCCC[C@@H](N)c1ccc(Br)cc1O. The predicted molar refractivity (Wildman–Crippen MR) is 72.9 cm³/mol. The monoisotopic (exact) mass is 308 g/mol. The number of phenolic OH excluding ortho intramolecular Hbond substituents is 1. The Morgan fingerprint density at radius 2 is 2.00 bits per heavy atom. The largest absolute Gasteiger partial charge is 0.508 e. The van der Waals surface area contributed by atoms with Crippen LogP contribution in [0, 0.1) is 0 Å². The van der Waals surface area contributed by atoms with Gasteiger partial charge in [-0.15, -0.1) is 12.4 Å². The fourth-order valence-electron chi connectivity index (χ4n) is 1.49. The lowest BCUT2D eigenvalue weighted by Gasteiger charge is -2.13. The number of benzene rings is 1. The molecule has 5 heteroatoms. The number of hydrogen-bond donors (Lipinski definition) is 3. The van der Waals surface area contributed by atoms with Crippen LogP contribution in [-0.4, -0.2) is 11.7 Å². The molecule has 1 aromatic rings. The van der Waals surface area contributed by atoms with E-state index in [1.54, 1.807) is 6.07 Å². The van der Waals surface area contributed by atoms with E-state index in [9.17, 15) is 5.11 Å². The molecule has 0 spiro atoms. The van der Waals surface area contributed by atoms with Gasteiger partial charge in [-0.05, 0) is 31.5 Å². The van der Waals surface area contributed by atoms with Crippen LogP contribution in [0.1, 0.15) is 30.9 Å². The Balaban J connectivity index is 0.00000225. The Morgan fingerprint density at radius 3 is 2.56 bits per heavy atom. The highest BCUT2D eigenvalue weighted by atomic mass is 79.9. The molecule has 1 rings (SSSR count). The van der Waals surface area contributed by atoms with Crippen molar-refractivity contribution in [1.29, 1.82) is 0 Å². The smallest absolute Gasteiger partial charge is 0.121 e. The van der Waals surface area contributed by atoms with Crippen molar-refractivity contribution in [3.63, 3.8) is 0 Å². The summed E-state index contributed by atoms with van der Waals surface area (Å²) in [4.78, 5) is 0. The number of aromatic hydroxyl groups is 1. The summed E-state index contributed by atoms with van der Waals surface area (Å²) in [5.74, 6) is 0.254. The average Bonchev–Trinajstić information content (AvgIpc) is 2.17. The first-order valence-corrected chi connectivity index (χ1v) is 5.88. The van der Waals surface area contributed by atoms with Crippen molar-refractivity contribution in [3.05, 3.63) is 28.2 Å². The molecule has 0 aliphatic rings. The molecule has 0 aliphatic carbocycles.